The van der Waals surface area contributed by atoms with E-state index in [1.54, 1.807) is 0 Å². The highest BCUT2D eigenvalue weighted by atomic mass is 16.5. The fourth-order valence-corrected chi connectivity index (χ4v) is 1.11. The molecule has 1 amide bonds. The van der Waals surface area contributed by atoms with Gasteiger partial charge < -0.3 is 15.2 Å². The van der Waals surface area contributed by atoms with Crippen LogP contribution in [0.2, 0.25) is 0 Å². The van der Waals surface area contributed by atoms with Crippen molar-refractivity contribution in [3.8, 4) is 0 Å². The van der Waals surface area contributed by atoms with Crippen molar-refractivity contribution in [3.63, 3.8) is 0 Å². The van der Waals surface area contributed by atoms with Gasteiger partial charge in [0.15, 0.2) is 0 Å². The van der Waals surface area contributed by atoms with Gasteiger partial charge in [-0.3, -0.25) is 0 Å². The van der Waals surface area contributed by atoms with E-state index >= 15 is 0 Å². The van der Waals surface area contributed by atoms with E-state index in [2.05, 4.69) is 10.1 Å². The highest BCUT2D eigenvalue weighted by Crippen LogP contribution is 2.33. The van der Waals surface area contributed by atoms with Crippen LogP contribution in [0.25, 0.3) is 0 Å². The Bertz CT molecular complexity index is 212. The van der Waals surface area contributed by atoms with E-state index in [1.165, 1.54) is 7.11 Å². The van der Waals surface area contributed by atoms with Gasteiger partial charge in [-0.1, -0.05) is 12.8 Å². The molecular weight excluding hydrogens is 174 g/mol. The first-order valence-corrected chi connectivity index (χ1v) is 4.20. The van der Waals surface area contributed by atoms with Crippen molar-refractivity contribution in [1.29, 1.82) is 0 Å². The van der Waals surface area contributed by atoms with E-state index in [4.69, 9.17) is 5.11 Å². The first kappa shape index (κ1) is 9.83. The summed E-state index contributed by atoms with van der Waals surface area (Å²) in [6.07, 6.45) is 1.94. The van der Waals surface area contributed by atoms with Crippen molar-refractivity contribution < 1.29 is 19.4 Å². The van der Waals surface area contributed by atoms with Crippen LogP contribution in [0.3, 0.4) is 0 Å². The third-order valence-electron chi connectivity index (χ3n) is 2.04. The summed E-state index contributed by atoms with van der Waals surface area (Å²) in [6.45, 7) is 0. The normalized spacial score (nSPS) is 17.6. The van der Waals surface area contributed by atoms with Crippen LogP contribution in [0.15, 0.2) is 0 Å². The van der Waals surface area contributed by atoms with Crippen LogP contribution in [0, 0.1) is 5.92 Å². The van der Waals surface area contributed by atoms with Gasteiger partial charge in [0.1, 0.15) is 6.04 Å². The van der Waals surface area contributed by atoms with Crippen molar-refractivity contribution in [1.82, 2.24) is 5.32 Å². The third-order valence-corrected chi connectivity index (χ3v) is 2.04. The first-order chi connectivity index (χ1) is 6.13. The van der Waals surface area contributed by atoms with Crippen LogP contribution < -0.4 is 5.32 Å². The van der Waals surface area contributed by atoms with Crippen molar-refractivity contribution in [2.75, 3.05) is 7.11 Å². The second-order valence-corrected chi connectivity index (χ2v) is 3.21. The largest absolute Gasteiger partial charge is 0.480 e. The zero-order valence-electron chi connectivity index (χ0n) is 7.45. The van der Waals surface area contributed by atoms with Crippen molar-refractivity contribution in [2.24, 2.45) is 5.92 Å². The molecule has 0 radical (unpaired) electrons. The minimum atomic E-state index is -1.00. The average Bonchev–Trinajstić information content (AvgIpc) is 2.86. The summed E-state index contributed by atoms with van der Waals surface area (Å²) in [5.74, 6) is -0.546. The Balaban J connectivity index is 2.36. The van der Waals surface area contributed by atoms with Crippen molar-refractivity contribution in [2.45, 2.75) is 25.3 Å². The predicted molar refractivity (Wildman–Crippen MR) is 44.3 cm³/mol. The number of carboxylic acids is 1. The molecule has 13 heavy (non-hydrogen) atoms. The van der Waals surface area contributed by atoms with Gasteiger partial charge in [0.25, 0.3) is 0 Å². The quantitative estimate of drug-likeness (QED) is 0.675. The number of carbonyl (C=O) groups excluding carboxylic acids is 1. The molecule has 1 rings (SSSR count). The number of carboxylic acid groups (broad SMARTS) is 1. The molecule has 0 aromatic carbocycles. The molecule has 1 fully saturated rings. The topological polar surface area (TPSA) is 75.6 Å². The van der Waals surface area contributed by atoms with Gasteiger partial charge in [0.05, 0.1) is 7.11 Å². The molecule has 0 aromatic rings. The smallest absolute Gasteiger partial charge is 0.407 e. The van der Waals surface area contributed by atoms with Crippen molar-refractivity contribution in [3.05, 3.63) is 0 Å². The highest BCUT2D eigenvalue weighted by molar-refractivity contribution is 5.79. The van der Waals surface area contributed by atoms with E-state index < -0.39 is 18.1 Å². The summed E-state index contributed by atoms with van der Waals surface area (Å²) in [6, 6.07) is -0.806. The number of aliphatic carboxylic acids is 1. The molecule has 0 aromatic heterocycles. The summed E-state index contributed by atoms with van der Waals surface area (Å²) in [5.41, 5.74) is 0. The molecule has 5 heteroatoms. The lowest BCUT2D eigenvalue weighted by Gasteiger charge is -2.12. The fourth-order valence-electron chi connectivity index (χ4n) is 1.11. The maximum atomic E-state index is 10.7. The number of methoxy groups -OCH3 is 1. The summed E-state index contributed by atoms with van der Waals surface area (Å²) < 4.78 is 4.32. The lowest BCUT2D eigenvalue weighted by Crippen LogP contribution is -2.41. The monoisotopic (exact) mass is 187 g/mol. The summed E-state index contributed by atoms with van der Waals surface area (Å²) >= 11 is 0. The second kappa shape index (κ2) is 4.11. The maximum absolute atomic E-state index is 10.7. The van der Waals surface area contributed by atoms with Crippen LogP contribution >= 0.6 is 0 Å². The molecule has 1 saturated carbocycles. The molecule has 0 heterocycles. The maximum Gasteiger partial charge on any atom is 0.407 e. The Hall–Kier alpha value is -1.26. The number of rotatable bonds is 4. The minimum absolute atomic E-state index is 0.457. The van der Waals surface area contributed by atoms with Gasteiger partial charge in [0.2, 0.25) is 0 Å². The van der Waals surface area contributed by atoms with E-state index in [9.17, 15) is 9.59 Å². The van der Waals surface area contributed by atoms with Crippen LogP contribution in [-0.4, -0.2) is 30.3 Å². The van der Waals surface area contributed by atoms with Gasteiger partial charge >= 0.3 is 12.1 Å². The third kappa shape index (κ3) is 3.31. The van der Waals surface area contributed by atoms with Crippen LogP contribution in [0.5, 0.6) is 0 Å². The summed E-state index contributed by atoms with van der Waals surface area (Å²) in [4.78, 5) is 21.4. The summed E-state index contributed by atoms with van der Waals surface area (Å²) in [7, 11) is 1.21. The molecule has 74 valence electrons. The van der Waals surface area contributed by atoms with Gasteiger partial charge in [0, 0.05) is 0 Å². The van der Waals surface area contributed by atoms with Crippen LogP contribution in [0.1, 0.15) is 19.3 Å². The van der Waals surface area contributed by atoms with Gasteiger partial charge in [-0.2, -0.15) is 0 Å². The fraction of sp³-hybridized carbons (Fsp3) is 0.750. The van der Waals surface area contributed by atoms with Gasteiger partial charge in [-0.25, -0.2) is 9.59 Å². The highest BCUT2D eigenvalue weighted by Gasteiger charge is 2.30. The van der Waals surface area contributed by atoms with Crippen LogP contribution in [-0.2, 0) is 9.53 Å². The molecule has 0 unspecified atom stereocenters. The second-order valence-electron chi connectivity index (χ2n) is 3.21. The number of amides is 1. The molecule has 1 aliphatic carbocycles. The standard InChI is InChI=1S/C8H13NO4/c1-13-8(12)9-6(7(10)11)4-5-2-3-5/h5-6H,2-4H2,1H3,(H,9,12)(H,10,11)/t6-/m0/s1. The van der Waals surface area contributed by atoms with E-state index in [0.717, 1.165) is 12.8 Å². The predicted octanol–water partition coefficient (Wildman–Crippen LogP) is 0.596. The number of hydrogen-bond acceptors (Lipinski definition) is 3. The molecule has 1 aliphatic rings. The number of ether oxygens (including phenoxy) is 1. The van der Waals surface area contributed by atoms with E-state index in [0.29, 0.717) is 12.3 Å². The lowest BCUT2D eigenvalue weighted by atomic mass is 10.1. The zero-order valence-corrected chi connectivity index (χ0v) is 7.45. The van der Waals surface area contributed by atoms with E-state index in [1.807, 2.05) is 0 Å². The molecule has 0 aliphatic heterocycles. The molecule has 0 saturated heterocycles. The van der Waals surface area contributed by atoms with Gasteiger partial charge in [-0.15, -0.1) is 0 Å². The SMILES string of the molecule is COC(=O)N[C@@H](CC1CC1)C(=O)O. The molecule has 0 bridgehead atoms. The zero-order chi connectivity index (χ0) is 9.84. The molecule has 0 spiro atoms. The Morgan fingerprint density at radius 1 is 1.62 bits per heavy atom. The Labute approximate surface area is 76.1 Å². The Morgan fingerprint density at radius 2 is 2.23 bits per heavy atom. The molecule has 2 N–H and O–H groups in total. The summed E-state index contributed by atoms with van der Waals surface area (Å²) in [5, 5.41) is 11.0. The van der Waals surface area contributed by atoms with Crippen molar-refractivity contribution >= 4 is 12.1 Å². The van der Waals surface area contributed by atoms with E-state index in [-0.39, 0.29) is 0 Å². The number of nitrogens with one attached hydrogen (secondary N) is 1. The Kier molecular flexibility index (Phi) is 3.11. The van der Waals surface area contributed by atoms with Crippen LogP contribution in [0.4, 0.5) is 4.79 Å². The number of hydrogen-bond donors (Lipinski definition) is 2. The molecular formula is C8H13NO4. The number of alkyl carbamates (subject to hydrolysis) is 1. The number of carbonyl (C=O) groups is 2. The minimum Gasteiger partial charge on any atom is -0.480 e. The lowest BCUT2D eigenvalue weighted by molar-refractivity contribution is -0.139. The van der Waals surface area contributed by atoms with Gasteiger partial charge in [-0.05, 0) is 12.3 Å². The molecule has 5 nitrogen and oxygen atoms in total. The Morgan fingerprint density at radius 3 is 2.62 bits per heavy atom. The molecule has 1 atom stereocenters. The average molecular weight is 187 g/mol. The first-order valence-electron chi connectivity index (χ1n) is 4.20.